The van der Waals surface area contributed by atoms with Crippen LogP contribution in [0.25, 0.3) is 111 Å². The molecule has 8 aromatic heterocycles. The number of H-pyrrole nitrogens is 4. The number of hydrogen-bond donors (Lipinski definition) is 8. The van der Waals surface area contributed by atoms with Crippen LogP contribution in [0.3, 0.4) is 0 Å². The summed E-state index contributed by atoms with van der Waals surface area (Å²) in [6, 6.07) is 73.6. The Kier molecular flexibility index (Phi) is 24.5. The van der Waals surface area contributed by atoms with Gasteiger partial charge in [-0.15, -0.1) is 0 Å². The Labute approximate surface area is 722 Å². The largest absolute Gasteiger partial charge is 0.417 e. The predicted molar refractivity (Wildman–Crippen MR) is 470 cm³/mol. The predicted octanol–water partition coefficient (Wildman–Crippen LogP) is 26.5. The summed E-state index contributed by atoms with van der Waals surface area (Å²) in [6.07, 6.45) is -2.12. The summed E-state index contributed by atoms with van der Waals surface area (Å²) in [5, 5.41) is 44.1. The number of aromatic amines is 4. The molecule has 2 aliphatic rings. The number of hydrogen-bond acceptors (Lipinski definition) is 16. The van der Waals surface area contributed by atoms with Crippen LogP contribution in [0.4, 0.5) is 95.4 Å². The fraction of sp³-hybridized carbons (Fsp3) is 0.158. The van der Waals surface area contributed by atoms with Crippen molar-refractivity contribution in [3.8, 4) is 67.5 Å². The van der Waals surface area contributed by atoms with Crippen LogP contribution in [0, 0.1) is 11.6 Å². The third kappa shape index (κ3) is 19.6. The SMILES string of the molecule is Clc1ccccc1-c1cc(C2CCCCC2)nc(Nc2n[nH]c3ccccc23)n1.FC(F)(F)c1ccccc1-c1cc(-c2ccccc2)nc(Nc2n[nH]c3ccccc23)n1.FC(F)(F)c1ccccc1-c1cc(C2CCCCC2)nc(Nc2n[nH]c3ccccc23)n1.Fc1cc(F)c2[nH]nc(Nc3nc(-c4ccccc4)cc(-c4ccccc4C(F)(F)F)n3)c2c1. The van der Waals surface area contributed by atoms with Gasteiger partial charge in [0.1, 0.15) is 11.3 Å². The minimum absolute atomic E-state index is 0.0153. The highest BCUT2D eigenvalue weighted by Gasteiger charge is 2.37. The van der Waals surface area contributed by atoms with Crippen LogP contribution in [0.5, 0.6) is 0 Å². The van der Waals surface area contributed by atoms with Crippen LogP contribution >= 0.6 is 11.6 Å². The molecule has 32 heteroatoms. The number of rotatable bonds is 16. The van der Waals surface area contributed by atoms with Gasteiger partial charge in [0.05, 0.1) is 72.8 Å². The van der Waals surface area contributed by atoms with Crippen molar-refractivity contribution in [3.05, 3.63) is 312 Å². The number of benzene rings is 10. The molecule has 8 heterocycles. The number of alkyl halides is 9. The molecular formula is C95H74ClF11N20. The summed E-state index contributed by atoms with van der Waals surface area (Å²) in [4.78, 5) is 36.5. The maximum Gasteiger partial charge on any atom is 0.417 e. The van der Waals surface area contributed by atoms with E-state index in [2.05, 4.69) is 93.0 Å². The Balaban J connectivity index is 0.000000119. The van der Waals surface area contributed by atoms with Gasteiger partial charge in [0, 0.05) is 83.9 Å². The van der Waals surface area contributed by atoms with Crippen molar-refractivity contribution < 1.29 is 48.3 Å². The zero-order valence-electron chi connectivity index (χ0n) is 67.0. The van der Waals surface area contributed by atoms with E-state index in [4.69, 9.17) is 26.6 Å². The Morgan fingerprint density at radius 1 is 0.291 bits per heavy atom. The number of nitrogens with one attached hydrogen (secondary N) is 8. The molecule has 638 valence electrons. The maximum atomic E-state index is 14.0. The minimum atomic E-state index is -4.60. The zero-order chi connectivity index (χ0) is 87.8. The van der Waals surface area contributed by atoms with Crippen molar-refractivity contribution in [2.24, 2.45) is 0 Å². The second kappa shape index (κ2) is 36.9. The van der Waals surface area contributed by atoms with Gasteiger partial charge in [-0.1, -0.05) is 220 Å². The Hall–Kier alpha value is -14.9. The van der Waals surface area contributed by atoms with Crippen LogP contribution in [0.1, 0.15) is 104 Å². The second-order valence-electron chi connectivity index (χ2n) is 30.2. The fourth-order valence-corrected chi connectivity index (χ4v) is 15.8. The third-order valence-electron chi connectivity index (χ3n) is 21.7. The molecule has 0 radical (unpaired) electrons. The van der Waals surface area contributed by atoms with E-state index >= 15 is 0 Å². The molecule has 20 rings (SSSR count). The number of anilines is 8. The highest BCUT2D eigenvalue weighted by atomic mass is 35.5. The zero-order valence-corrected chi connectivity index (χ0v) is 67.8. The monoisotopic (exact) mass is 1740 g/mol. The summed E-state index contributed by atoms with van der Waals surface area (Å²) >= 11 is 6.47. The van der Waals surface area contributed by atoms with Crippen molar-refractivity contribution in [1.82, 2.24) is 80.7 Å². The maximum absolute atomic E-state index is 14.0. The van der Waals surface area contributed by atoms with Gasteiger partial charge >= 0.3 is 18.5 Å². The molecule has 10 aromatic carbocycles. The first-order valence-corrected chi connectivity index (χ1v) is 41.0. The molecule has 8 N–H and O–H groups in total. The first kappa shape index (κ1) is 84.3. The molecular weight excluding hydrogens is 1670 g/mol. The molecule has 20 nitrogen and oxygen atoms in total. The number of halogens is 12. The van der Waals surface area contributed by atoms with Crippen molar-refractivity contribution in [2.45, 2.75) is 94.6 Å². The number of para-hydroxylation sites is 3. The molecule has 0 amide bonds. The van der Waals surface area contributed by atoms with Crippen molar-refractivity contribution in [3.63, 3.8) is 0 Å². The average Bonchev–Trinajstić information content (AvgIpc) is 1.59. The lowest BCUT2D eigenvalue weighted by molar-refractivity contribution is -0.137. The van der Waals surface area contributed by atoms with E-state index in [1.165, 1.54) is 87.1 Å². The van der Waals surface area contributed by atoms with E-state index in [-0.39, 0.29) is 74.3 Å². The van der Waals surface area contributed by atoms with Crippen molar-refractivity contribution in [2.75, 3.05) is 21.3 Å². The molecule has 2 aliphatic carbocycles. The van der Waals surface area contributed by atoms with Gasteiger partial charge in [-0.2, -0.15) is 59.9 Å². The highest BCUT2D eigenvalue weighted by molar-refractivity contribution is 6.33. The van der Waals surface area contributed by atoms with Crippen LogP contribution in [-0.4, -0.2) is 80.7 Å². The lowest BCUT2D eigenvalue weighted by Gasteiger charge is -2.22. The Morgan fingerprint density at radius 3 is 0.984 bits per heavy atom. The fourth-order valence-electron chi connectivity index (χ4n) is 15.6. The van der Waals surface area contributed by atoms with Gasteiger partial charge in [-0.25, -0.2) is 48.7 Å². The summed E-state index contributed by atoms with van der Waals surface area (Å²) in [5.74, 6) is 1.66. The van der Waals surface area contributed by atoms with E-state index in [1.54, 1.807) is 54.6 Å². The molecule has 0 aliphatic heterocycles. The summed E-state index contributed by atoms with van der Waals surface area (Å²) in [5.41, 5.74) is 6.48. The summed E-state index contributed by atoms with van der Waals surface area (Å²) in [6.45, 7) is 0. The molecule has 0 atom stereocenters. The second-order valence-corrected chi connectivity index (χ2v) is 30.6. The van der Waals surface area contributed by atoms with E-state index in [1.807, 2.05) is 127 Å². The van der Waals surface area contributed by atoms with Crippen LogP contribution in [-0.2, 0) is 18.5 Å². The smallest absolute Gasteiger partial charge is 0.307 e. The third-order valence-corrected chi connectivity index (χ3v) is 22.1. The minimum Gasteiger partial charge on any atom is -0.307 e. The van der Waals surface area contributed by atoms with Gasteiger partial charge in [0.15, 0.2) is 29.1 Å². The molecule has 0 saturated heterocycles. The Morgan fingerprint density at radius 2 is 0.598 bits per heavy atom. The molecule has 0 spiro atoms. The topological polar surface area (TPSA) is 266 Å². The van der Waals surface area contributed by atoms with Gasteiger partial charge in [0.25, 0.3) is 0 Å². The van der Waals surface area contributed by atoms with Crippen LogP contribution < -0.4 is 21.3 Å². The summed E-state index contributed by atoms with van der Waals surface area (Å²) < 4.78 is 151. The molecule has 0 unspecified atom stereocenters. The van der Waals surface area contributed by atoms with E-state index in [0.717, 1.165) is 117 Å². The van der Waals surface area contributed by atoms with E-state index < -0.39 is 46.9 Å². The number of aromatic nitrogens is 16. The van der Waals surface area contributed by atoms with Gasteiger partial charge in [0.2, 0.25) is 23.8 Å². The van der Waals surface area contributed by atoms with Crippen LogP contribution in [0.15, 0.2) is 267 Å². The number of nitrogens with zero attached hydrogens (tertiary/aromatic N) is 12. The molecule has 127 heavy (non-hydrogen) atoms. The molecule has 18 aromatic rings. The van der Waals surface area contributed by atoms with Crippen molar-refractivity contribution >= 4 is 102 Å². The van der Waals surface area contributed by atoms with Crippen molar-refractivity contribution in [1.29, 1.82) is 0 Å². The quantitative estimate of drug-likeness (QED) is 0.0418. The average molecular weight is 1740 g/mol. The molecule has 2 fully saturated rings. The first-order chi connectivity index (χ1) is 61.5. The number of fused-ring (bicyclic) bond motifs is 4. The van der Waals surface area contributed by atoms with Gasteiger partial charge in [-0.3, -0.25) is 20.4 Å². The Bertz CT molecular complexity index is 6930. The molecule has 2 saturated carbocycles. The van der Waals surface area contributed by atoms with E-state index in [0.29, 0.717) is 51.5 Å². The highest BCUT2D eigenvalue weighted by Crippen LogP contribution is 2.44. The van der Waals surface area contributed by atoms with E-state index in [9.17, 15) is 48.3 Å². The first-order valence-electron chi connectivity index (χ1n) is 40.7. The summed E-state index contributed by atoms with van der Waals surface area (Å²) in [7, 11) is 0. The lowest BCUT2D eigenvalue weighted by atomic mass is 9.86. The van der Waals surface area contributed by atoms with Gasteiger partial charge in [-0.05, 0) is 117 Å². The standard InChI is InChI=1S/C24H14F5N5.C24H22F3N5.C24H16F3N5.C23H22ClN5/c25-14-10-16-21(18(26)11-14)33-34-22(16)32-23-30-19(13-6-2-1-3-7-13)12-20(31-23)15-8-4-5-9-17(15)24(27,28)29;2*25-24(26,27)18-12-6-4-10-16(18)21-14-20(15-8-2-1-3-9-15)28-23(29-21)30-22-17-11-5-7-13-19(17)31-32-22;24-18-12-6-4-10-16(18)21-14-20(15-8-2-1-3-9-15)25-23(26-21)27-22-17-11-5-7-13-19(17)28-29-22/h1-12H,(H2,30,31,32,33,34);4-7,10-15H,1-3,8-9H2,(H2,28,29,30,31,32);1-14H,(H2,28,29,30,31,32);4-7,10-15H,1-3,8-9H2,(H2,25,26,27,28,29). The normalized spacial score (nSPS) is 13.3. The lowest BCUT2D eigenvalue weighted by Crippen LogP contribution is -2.11. The van der Waals surface area contributed by atoms with Crippen LogP contribution in [0.2, 0.25) is 5.02 Å². The van der Waals surface area contributed by atoms with Gasteiger partial charge < -0.3 is 21.3 Å². The molecule has 0 bridgehead atoms.